The molecule has 3 heterocycles. The first kappa shape index (κ1) is 21.8. The lowest BCUT2D eigenvalue weighted by atomic mass is 10.0. The smallest absolute Gasteiger partial charge is 0.306 e. The highest BCUT2D eigenvalue weighted by molar-refractivity contribution is 5.67. The first-order chi connectivity index (χ1) is 15.2. The fourth-order valence-electron chi connectivity index (χ4n) is 4.62. The van der Waals surface area contributed by atoms with E-state index in [2.05, 4.69) is 22.3 Å². The summed E-state index contributed by atoms with van der Waals surface area (Å²) in [6, 6.07) is 14.1. The number of rotatable bonds is 9. The molecule has 0 saturated carbocycles. The predicted octanol–water partition coefficient (Wildman–Crippen LogP) is 4.07. The monoisotopic (exact) mass is 423 g/mol. The number of aromatic nitrogens is 1. The first-order valence-electron chi connectivity index (χ1n) is 11.5. The van der Waals surface area contributed by atoms with E-state index in [1.807, 2.05) is 30.3 Å². The number of carboxylic acid groups (broad SMARTS) is 1. The molecule has 4 rings (SSSR count). The number of carbonyl (C=O) groups is 1. The molecule has 0 unspecified atom stereocenters. The number of piperidine rings is 1. The van der Waals surface area contributed by atoms with Crippen LogP contribution >= 0.6 is 0 Å². The quantitative estimate of drug-likeness (QED) is 0.633. The SMILES string of the molecule is O=C(O)C[C@H](O[C@@H]1CCCN(CCCc2ccc3c(n2)NCCC3)C1)c1ccccc1. The minimum Gasteiger partial charge on any atom is -0.481 e. The summed E-state index contributed by atoms with van der Waals surface area (Å²) in [6.07, 6.45) is 6.09. The number of carboxylic acids is 1. The standard InChI is InChI=1S/C25H33N3O3/c29-24(30)17-23(19-7-2-1-3-8-19)31-22-11-6-16-28(18-22)15-5-10-21-13-12-20-9-4-14-26-25(20)27-21/h1-3,7-8,12-13,22-23H,4-6,9-11,14-18H2,(H,26,27)(H,29,30)/t22-,23+/m1/s1. The summed E-state index contributed by atoms with van der Waals surface area (Å²) in [6.45, 7) is 3.97. The number of ether oxygens (including phenoxy) is 1. The second-order valence-corrected chi connectivity index (χ2v) is 8.64. The van der Waals surface area contributed by atoms with Crippen LogP contribution in [0.25, 0.3) is 0 Å². The summed E-state index contributed by atoms with van der Waals surface area (Å²) in [5.41, 5.74) is 3.43. The molecule has 0 radical (unpaired) electrons. The van der Waals surface area contributed by atoms with Crippen LogP contribution in [0.15, 0.2) is 42.5 Å². The maximum Gasteiger partial charge on any atom is 0.306 e. The van der Waals surface area contributed by atoms with Crippen molar-refractivity contribution in [3.8, 4) is 0 Å². The van der Waals surface area contributed by atoms with Crippen LogP contribution in [0.5, 0.6) is 0 Å². The van der Waals surface area contributed by atoms with Gasteiger partial charge in [0.2, 0.25) is 0 Å². The molecular formula is C25H33N3O3. The number of anilines is 1. The minimum atomic E-state index is -0.825. The number of benzene rings is 1. The van der Waals surface area contributed by atoms with Gasteiger partial charge in [0.15, 0.2) is 0 Å². The van der Waals surface area contributed by atoms with Crippen LogP contribution in [-0.2, 0) is 22.4 Å². The van der Waals surface area contributed by atoms with Gasteiger partial charge in [-0.3, -0.25) is 4.79 Å². The van der Waals surface area contributed by atoms with E-state index in [1.165, 1.54) is 12.0 Å². The number of likely N-dealkylation sites (tertiary alicyclic amines) is 1. The van der Waals surface area contributed by atoms with Crippen molar-refractivity contribution in [3.63, 3.8) is 0 Å². The highest BCUT2D eigenvalue weighted by Gasteiger charge is 2.25. The van der Waals surface area contributed by atoms with Gasteiger partial charge in [0.25, 0.3) is 0 Å². The summed E-state index contributed by atoms with van der Waals surface area (Å²) in [5, 5.41) is 12.7. The Morgan fingerprint density at radius 1 is 1.23 bits per heavy atom. The fraction of sp³-hybridized carbons (Fsp3) is 0.520. The van der Waals surface area contributed by atoms with E-state index in [1.54, 1.807) is 0 Å². The molecule has 1 saturated heterocycles. The zero-order chi connectivity index (χ0) is 21.5. The number of fused-ring (bicyclic) bond motifs is 1. The molecule has 166 valence electrons. The van der Waals surface area contributed by atoms with Gasteiger partial charge in [-0.05, 0) is 68.8 Å². The summed E-state index contributed by atoms with van der Waals surface area (Å²) in [4.78, 5) is 18.6. The fourth-order valence-corrected chi connectivity index (χ4v) is 4.62. The molecule has 2 aromatic rings. The van der Waals surface area contributed by atoms with Crippen molar-refractivity contribution in [1.82, 2.24) is 9.88 Å². The lowest BCUT2D eigenvalue weighted by molar-refractivity contribution is -0.142. The Balaban J connectivity index is 1.27. The van der Waals surface area contributed by atoms with Crippen LogP contribution in [0.3, 0.4) is 0 Å². The van der Waals surface area contributed by atoms with Crippen LogP contribution < -0.4 is 5.32 Å². The van der Waals surface area contributed by atoms with Gasteiger partial charge in [-0.25, -0.2) is 4.98 Å². The maximum absolute atomic E-state index is 11.4. The third kappa shape index (κ3) is 6.28. The van der Waals surface area contributed by atoms with Crippen molar-refractivity contribution in [3.05, 3.63) is 59.3 Å². The Morgan fingerprint density at radius 3 is 2.94 bits per heavy atom. The van der Waals surface area contributed by atoms with E-state index < -0.39 is 12.1 Å². The van der Waals surface area contributed by atoms with Crippen LogP contribution in [0.1, 0.15) is 55.0 Å². The number of hydrogen-bond acceptors (Lipinski definition) is 5. The van der Waals surface area contributed by atoms with Crippen molar-refractivity contribution < 1.29 is 14.6 Å². The van der Waals surface area contributed by atoms with E-state index in [0.717, 1.165) is 75.4 Å². The molecule has 1 aromatic heterocycles. The average Bonchev–Trinajstić information content (AvgIpc) is 2.79. The largest absolute Gasteiger partial charge is 0.481 e. The van der Waals surface area contributed by atoms with E-state index in [-0.39, 0.29) is 12.5 Å². The molecule has 0 bridgehead atoms. The summed E-state index contributed by atoms with van der Waals surface area (Å²) >= 11 is 0. The number of nitrogens with zero attached hydrogens (tertiary/aromatic N) is 2. The zero-order valence-corrected chi connectivity index (χ0v) is 18.1. The molecule has 2 aliphatic rings. The highest BCUT2D eigenvalue weighted by atomic mass is 16.5. The molecule has 6 heteroatoms. The number of pyridine rings is 1. The topological polar surface area (TPSA) is 74.7 Å². The molecule has 2 atom stereocenters. The zero-order valence-electron chi connectivity index (χ0n) is 18.1. The van der Waals surface area contributed by atoms with E-state index >= 15 is 0 Å². The van der Waals surface area contributed by atoms with Crippen molar-refractivity contribution in [2.45, 2.75) is 57.2 Å². The van der Waals surface area contributed by atoms with Gasteiger partial charge in [0.1, 0.15) is 5.82 Å². The molecule has 2 N–H and O–H groups in total. The Bertz CT molecular complexity index is 858. The number of hydrogen-bond donors (Lipinski definition) is 2. The Labute approximate surface area is 184 Å². The van der Waals surface area contributed by atoms with Crippen LogP contribution in [0.2, 0.25) is 0 Å². The molecule has 0 amide bonds. The van der Waals surface area contributed by atoms with Gasteiger partial charge in [0.05, 0.1) is 18.6 Å². The van der Waals surface area contributed by atoms with Gasteiger partial charge in [-0.15, -0.1) is 0 Å². The number of nitrogens with one attached hydrogen (secondary N) is 1. The molecule has 0 spiro atoms. The van der Waals surface area contributed by atoms with Gasteiger partial charge in [-0.1, -0.05) is 36.4 Å². The number of aliphatic carboxylic acids is 1. The van der Waals surface area contributed by atoms with Crippen molar-refractivity contribution in [2.24, 2.45) is 0 Å². The van der Waals surface area contributed by atoms with Gasteiger partial charge in [-0.2, -0.15) is 0 Å². The van der Waals surface area contributed by atoms with Crippen LogP contribution in [-0.4, -0.2) is 53.2 Å². The third-order valence-corrected chi connectivity index (χ3v) is 6.21. The molecule has 1 fully saturated rings. The van der Waals surface area contributed by atoms with Crippen molar-refractivity contribution >= 4 is 11.8 Å². The highest BCUT2D eigenvalue weighted by Crippen LogP contribution is 2.26. The normalized spacial score (nSPS) is 19.9. The maximum atomic E-state index is 11.4. The summed E-state index contributed by atoms with van der Waals surface area (Å²) in [7, 11) is 0. The average molecular weight is 424 g/mol. The molecule has 6 nitrogen and oxygen atoms in total. The second kappa shape index (κ2) is 10.7. The lowest BCUT2D eigenvalue weighted by Gasteiger charge is -2.34. The van der Waals surface area contributed by atoms with E-state index in [4.69, 9.17) is 9.72 Å². The molecule has 1 aromatic carbocycles. The first-order valence-corrected chi connectivity index (χ1v) is 11.5. The number of aryl methyl sites for hydroxylation is 2. The molecule has 0 aliphatic carbocycles. The minimum absolute atomic E-state index is 0.00144. The van der Waals surface area contributed by atoms with Gasteiger partial charge in [0, 0.05) is 18.8 Å². The second-order valence-electron chi connectivity index (χ2n) is 8.64. The van der Waals surface area contributed by atoms with E-state index in [9.17, 15) is 9.90 Å². The van der Waals surface area contributed by atoms with Crippen LogP contribution in [0, 0.1) is 0 Å². The summed E-state index contributed by atoms with van der Waals surface area (Å²) < 4.78 is 6.30. The van der Waals surface area contributed by atoms with Crippen molar-refractivity contribution in [1.29, 1.82) is 0 Å². The Morgan fingerprint density at radius 2 is 2.10 bits per heavy atom. The third-order valence-electron chi connectivity index (χ3n) is 6.21. The van der Waals surface area contributed by atoms with Gasteiger partial charge < -0.3 is 20.1 Å². The molecule has 2 aliphatic heterocycles. The lowest BCUT2D eigenvalue weighted by Crippen LogP contribution is -2.40. The van der Waals surface area contributed by atoms with Gasteiger partial charge >= 0.3 is 5.97 Å². The molecule has 31 heavy (non-hydrogen) atoms. The van der Waals surface area contributed by atoms with Crippen LogP contribution in [0.4, 0.5) is 5.82 Å². The van der Waals surface area contributed by atoms with Crippen molar-refractivity contribution in [2.75, 3.05) is 31.5 Å². The Hall–Kier alpha value is -2.44. The van der Waals surface area contributed by atoms with E-state index in [0.29, 0.717) is 0 Å². The Kier molecular flexibility index (Phi) is 7.54. The predicted molar refractivity (Wildman–Crippen MR) is 121 cm³/mol. The summed E-state index contributed by atoms with van der Waals surface area (Å²) in [5.74, 6) is 0.245. The molecular weight excluding hydrogens is 390 g/mol.